The smallest absolute Gasteiger partial charge is 0.257 e. The number of rotatable bonds is 6. The van der Waals surface area contributed by atoms with E-state index < -0.39 is 10.0 Å². The van der Waals surface area contributed by atoms with Crippen molar-refractivity contribution in [1.29, 1.82) is 0 Å². The molecule has 1 aromatic carbocycles. The van der Waals surface area contributed by atoms with Crippen LogP contribution in [0.1, 0.15) is 34.8 Å². The van der Waals surface area contributed by atoms with Crippen LogP contribution < -0.4 is 10.0 Å². The van der Waals surface area contributed by atoms with Crippen molar-refractivity contribution in [2.75, 3.05) is 31.2 Å². The van der Waals surface area contributed by atoms with E-state index in [0.29, 0.717) is 24.3 Å². The Labute approximate surface area is 174 Å². The number of likely N-dealkylation sites (tertiary alicyclic amines) is 1. The molecule has 0 spiro atoms. The van der Waals surface area contributed by atoms with Crippen LogP contribution in [-0.4, -0.2) is 56.0 Å². The largest absolute Gasteiger partial charge is 0.341 e. The van der Waals surface area contributed by atoms with Crippen molar-refractivity contribution in [3.05, 3.63) is 59.7 Å². The van der Waals surface area contributed by atoms with Gasteiger partial charge in [-0.1, -0.05) is 0 Å². The molecule has 1 atom stereocenters. The first kappa shape index (κ1) is 21.8. The monoisotopic (exact) mass is 434 g/mol. The van der Waals surface area contributed by atoms with Crippen LogP contribution in [0.5, 0.6) is 0 Å². The van der Waals surface area contributed by atoms with Crippen LogP contribution in [0.15, 0.2) is 42.6 Å². The van der Waals surface area contributed by atoms with Crippen LogP contribution in [-0.2, 0) is 14.8 Å². The van der Waals surface area contributed by atoms with E-state index in [1.165, 1.54) is 30.5 Å². The lowest BCUT2D eigenvalue weighted by molar-refractivity contribution is -0.131. The number of carbonyl (C=O) groups is 2. The molecule has 10 heteroatoms. The Morgan fingerprint density at radius 3 is 2.57 bits per heavy atom. The number of amides is 2. The third kappa shape index (κ3) is 6.07. The van der Waals surface area contributed by atoms with E-state index in [1.807, 2.05) is 0 Å². The Bertz CT molecular complexity index is 1010. The zero-order valence-corrected chi connectivity index (χ0v) is 17.3. The lowest BCUT2D eigenvalue weighted by Gasteiger charge is -2.32. The standard InChI is InChI=1S/C20H23FN4O4S/c1-30(28,29)23-12-19(26)25-10-2-3-15(13-25)18-9-4-14(11-22-18)20(27)24-17-7-5-16(21)6-8-17/h4-9,11,15,23H,2-3,10,12-13H2,1H3,(H,24,27)/t15-/m0/s1. The molecule has 1 aliphatic rings. The Kier molecular flexibility index (Phi) is 6.78. The fourth-order valence-electron chi connectivity index (χ4n) is 3.27. The number of anilines is 1. The summed E-state index contributed by atoms with van der Waals surface area (Å²) in [5, 5.41) is 2.68. The lowest BCUT2D eigenvalue weighted by Crippen LogP contribution is -2.44. The van der Waals surface area contributed by atoms with Crippen LogP contribution in [0.3, 0.4) is 0 Å². The van der Waals surface area contributed by atoms with Gasteiger partial charge < -0.3 is 10.2 Å². The van der Waals surface area contributed by atoms with E-state index in [0.717, 1.165) is 24.8 Å². The molecule has 0 unspecified atom stereocenters. The Morgan fingerprint density at radius 2 is 1.93 bits per heavy atom. The molecule has 2 aromatic rings. The normalized spacial score (nSPS) is 16.9. The highest BCUT2D eigenvalue weighted by atomic mass is 32.2. The van der Waals surface area contributed by atoms with Crippen LogP contribution in [0.25, 0.3) is 0 Å². The SMILES string of the molecule is CS(=O)(=O)NCC(=O)N1CCC[C@H](c2ccc(C(=O)Nc3ccc(F)cc3)cn2)C1. The molecule has 1 aromatic heterocycles. The highest BCUT2D eigenvalue weighted by Crippen LogP contribution is 2.25. The topological polar surface area (TPSA) is 108 Å². The summed E-state index contributed by atoms with van der Waals surface area (Å²) < 4.78 is 37.5. The Hall–Kier alpha value is -2.85. The predicted octanol–water partition coefficient (Wildman–Crippen LogP) is 1.73. The van der Waals surface area contributed by atoms with Gasteiger partial charge in [0, 0.05) is 36.6 Å². The summed E-state index contributed by atoms with van der Waals surface area (Å²) in [5.41, 5.74) is 1.61. The number of hydrogen-bond acceptors (Lipinski definition) is 5. The van der Waals surface area contributed by atoms with Crippen LogP contribution in [0.4, 0.5) is 10.1 Å². The first-order chi connectivity index (χ1) is 14.2. The maximum atomic E-state index is 13.0. The zero-order chi connectivity index (χ0) is 21.7. The average Bonchev–Trinajstić information content (AvgIpc) is 2.73. The van der Waals surface area contributed by atoms with E-state index in [9.17, 15) is 22.4 Å². The zero-order valence-electron chi connectivity index (χ0n) is 16.5. The molecule has 0 saturated carbocycles. The molecule has 8 nitrogen and oxygen atoms in total. The number of pyridine rings is 1. The highest BCUT2D eigenvalue weighted by molar-refractivity contribution is 7.88. The van der Waals surface area contributed by atoms with Crippen molar-refractivity contribution in [2.24, 2.45) is 0 Å². The molecule has 1 saturated heterocycles. The summed E-state index contributed by atoms with van der Waals surface area (Å²) in [6, 6.07) is 8.89. The molecule has 2 amide bonds. The van der Waals surface area contributed by atoms with Crippen molar-refractivity contribution in [1.82, 2.24) is 14.6 Å². The summed E-state index contributed by atoms with van der Waals surface area (Å²) in [6.07, 6.45) is 4.11. The molecule has 2 N–H and O–H groups in total. The van der Waals surface area contributed by atoms with Crippen LogP contribution >= 0.6 is 0 Å². The molecule has 3 rings (SSSR count). The van der Waals surface area contributed by atoms with Crippen LogP contribution in [0, 0.1) is 5.82 Å². The second-order valence-corrected chi connectivity index (χ2v) is 9.04. The minimum Gasteiger partial charge on any atom is -0.341 e. The minimum absolute atomic E-state index is 0.00939. The van der Waals surface area contributed by atoms with Crippen molar-refractivity contribution in [3.8, 4) is 0 Å². The molecule has 160 valence electrons. The minimum atomic E-state index is -3.43. The van der Waals surface area contributed by atoms with Gasteiger partial charge in [0.05, 0.1) is 18.4 Å². The maximum absolute atomic E-state index is 13.0. The van der Waals surface area contributed by atoms with Gasteiger partial charge in [-0.2, -0.15) is 0 Å². The lowest BCUT2D eigenvalue weighted by atomic mass is 9.94. The summed E-state index contributed by atoms with van der Waals surface area (Å²) in [7, 11) is -3.43. The van der Waals surface area contributed by atoms with Gasteiger partial charge in [-0.3, -0.25) is 14.6 Å². The molecule has 0 bridgehead atoms. The average molecular weight is 434 g/mol. The quantitative estimate of drug-likeness (QED) is 0.720. The number of piperidine rings is 1. The fraction of sp³-hybridized carbons (Fsp3) is 0.350. The molecule has 30 heavy (non-hydrogen) atoms. The Balaban J connectivity index is 1.60. The van der Waals surface area contributed by atoms with Crippen molar-refractivity contribution in [2.45, 2.75) is 18.8 Å². The van der Waals surface area contributed by atoms with Gasteiger partial charge in [-0.25, -0.2) is 17.5 Å². The summed E-state index contributed by atoms with van der Waals surface area (Å²) in [6.45, 7) is 0.749. The number of aromatic nitrogens is 1. The highest BCUT2D eigenvalue weighted by Gasteiger charge is 2.26. The summed E-state index contributed by atoms with van der Waals surface area (Å²) in [4.78, 5) is 30.6. The molecule has 0 aliphatic carbocycles. The number of carbonyl (C=O) groups excluding carboxylic acids is 2. The van der Waals surface area contributed by atoms with Crippen molar-refractivity contribution >= 4 is 27.5 Å². The van der Waals surface area contributed by atoms with E-state index >= 15 is 0 Å². The third-order valence-electron chi connectivity index (χ3n) is 4.83. The number of halogens is 1. The van der Waals surface area contributed by atoms with Crippen LogP contribution in [0.2, 0.25) is 0 Å². The molecule has 1 aliphatic heterocycles. The predicted molar refractivity (Wildman–Crippen MR) is 110 cm³/mol. The van der Waals surface area contributed by atoms with Gasteiger partial charge in [-0.15, -0.1) is 0 Å². The first-order valence-electron chi connectivity index (χ1n) is 9.46. The summed E-state index contributed by atoms with van der Waals surface area (Å²) in [5.74, 6) is -1.00. The van der Waals surface area contributed by atoms with Gasteiger partial charge >= 0.3 is 0 Å². The van der Waals surface area contributed by atoms with Gasteiger partial charge in [0.1, 0.15) is 5.82 Å². The Morgan fingerprint density at radius 1 is 1.20 bits per heavy atom. The van der Waals surface area contributed by atoms with Gasteiger partial charge in [-0.05, 0) is 49.2 Å². The number of sulfonamides is 1. The fourth-order valence-corrected chi connectivity index (χ4v) is 3.65. The van der Waals surface area contributed by atoms with Gasteiger partial charge in [0.15, 0.2) is 0 Å². The molecule has 1 fully saturated rings. The first-order valence-corrected chi connectivity index (χ1v) is 11.4. The van der Waals surface area contributed by atoms with E-state index in [2.05, 4.69) is 15.0 Å². The maximum Gasteiger partial charge on any atom is 0.257 e. The number of hydrogen-bond donors (Lipinski definition) is 2. The summed E-state index contributed by atoms with van der Waals surface area (Å²) >= 11 is 0. The van der Waals surface area contributed by atoms with Crippen molar-refractivity contribution in [3.63, 3.8) is 0 Å². The van der Waals surface area contributed by atoms with E-state index in [1.54, 1.807) is 17.0 Å². The van der Waals surface area contributed by atoms with E-state index in [4.69, 9.17) is 0 Å². The number of nitrogens with zero attached hydrogens (tertiary/aromatic N) is 2. The number of nitrogens with one attached hydrogen (secondary N) is 2. The van der Waals surface area contributed by atoms with Gasteiger partial charge in [0.2, 0.25) is 15.9 Å². The second kappa shape index (κ2) is 9.31. The molecular weight excluding hydrogens is 411 g/mol. The molecule has 2 heterocycles. The molecule has 0 radical (unpaired) electrons. The second-order valence-electron chi connectivity index (χ2n) is 7.20. The third-order valence-corrected chi connectivity index (χ3v) is 5.50. The van der Waals surface area contributed by atoms with Crippen molar-refractivity contribution < 1.29 is 22.4 Å². The molecular formula is C20H23FN4O4S. The van der Waals surface area contributed by atoms with E-state index in [-0.39, 0.29) is 30.1 Å². The number of benzene rings is 1. The van der Waals surface area contributed by atoms with Gasteiger partial charge in [0.25, 0.3) is 5.91 Å².